The maximum atomic E-state index is 11.5. The van der Waals surface area contributed by atoms with Crippen LogP contribution in [0.2, 0.25) is 0 Å². The van der Waals surface area contributed by atoms with Crippen LogP contribution in [-0.4, -0.2) is 26.8 Å². The first-order valence-corrected chi connectivity index (χ1v) is 5.06. The summed E-state index contributed by atoms with van der Waals surface area (Å²) >= 11 is 0. The van der Waals surface area contributed by atoms with Gasteiger partial charge in [-0.1, -0.05) is 0 Å². The first-order valence-electron chi connectivity index (χ1n) is 5.06. The largest absolute Gasteiger partial charge is 0.481 e. The van der Waals surface area contributed by atoms with Gasteiger partial charge in [0.1, 0.15) is 0 Å². The second-order valence-electron chi connectivity index (χ2n) is 4.03. The smallest absolute Gasteiger partial charge is 0.307 e. The van der Waals surface area contributed by atoms with Crippen LogP contribution in [-0.2, 0) is 23.2 Å². The zero-order valence-corrected chi connectivity index (χ0v) is 8.88. The monoisotopic (exact) mass is 223 g/mol. The van der Waals surface area contributed by atoms with Gasteiger partial charge in [0.25, 0.3) is 0 Å². The fourth-order valence-corrected chi connectivity index (χ4v) is 1.64. The minimum atomic E-state index is -0.887. The lowest BCUT2D eigenvalue weighted by Crippen LogP contribution is -2.25. The lowest BCUT2D eigenvalue weighted by atomic mass is 10.3. The molecule has 0 aromatic carbocycles. The zero-order valence-electron chi connectivity index (χ0n) is 8.88. The Morgan fingerprint density at radius 2 is 2.38 bits per heavy atom. The van der Waals surface area contributed by atoms with Gasteiger partial charge in [0.05, 0.1) is 18.0 Å². The highest BCUT2D eigenvalue weighted by Gasteiger charge is 2.48. The van der Waals surface area contributed by atoms with Crippen molar-refractivity contribution >= 4 is 11.9 Å². The standard InChI is InChI=1S/C10H13N3O3/c1-13-5-6(4-12-13)3-11-9(14)7-2-8(7)10(15)16/h4-5,7-8H,2-3H2,1H3,(H,11,14)(H,15,16). The summed E-state index contributed by atoms with van der Waals surface area (Å²) in [6.45, 7) is 0.398. The lowest BCUT2D eigenvalue weighted by Gasteiger charge is -2.01. The molecule has 0 radical (unpaired) electrons. The minimum Gasteiger partial charge on any atom is -0.481 e. The minimum absolute atomic E-state index is 0.184. The van der Waals surface area contributed by atoms with Crippen molar-refractivity contribution < 1.29 is 14.7 Å². The number of hydrogen-bond donors (Lipinski definition) is 2. The molecule has 1 saturated carbocycles. The summed E-state index contributed by atoms with van der Waals surface area (Å²) < 4.78 is 1.65. The molecule has 1 heterocycles. The number of hydrogen-bond acceptors (Lipinski definition) is 3. The van der Waals surface area contributed by atoms with Crippen LogP contribution in [0.5, 0.6) is 0 Å². The highest BCUT2D eigenvalue weighted by atomic mass is 16.4. The Labute approximate surface area is 92.3 Å². The van der Waals surface area contributed by atoms with Crippen LogP contribution >= 0.6 is 0 Å². The molecule has 2 N–H and O–H groups in total. The molecule has 1 fully saturated rings. The Balaban J connectivity index is 1.79. The fourth-order valence-electron chi connectivity index (χ4n) is 1.64. The normalized spacial score (nSPS) is 22.8. The number of nitrogens with zero attached hydrogens (tertiary/aromatic N) is 2. The number of rotatable bonds is 4. The van der Waals surface area contributed by atoms with Crippen molar-refractivity contribution in [1.82, 2.24) is 15.1 Å². The zero-order chi connectivity index (χ0) is 11.7. The maximum Gasteiger partial charge on any atom is 0.307 e. The number of carbonyl (C=O) groups excluding carboxylic acids is 1. The highest BCUT2D eigenvalue weighted by Crippen LogP contribution is 2.38. The van der Waals surface area contributed by atoms with Gasteiger partial charge in [-0.05, 0) is 6.42 Å². The van der Waals surface area contributed by atoms with Gasteiger partial charge in [-0.15, -0.1) is 0 Å². The number of nitrogens with one attached hydrogen (secondary N) is 1. The van der Waals surface area contributed by atoms with E-state index in [1.807, 2.05) is 6.20 Å². The van der Waals surface area contributed by atoms with E-state index in [4.69, 9.17) is 5.11 Å². The number of amides is 1. The molecule has 0 spiro atoms. The number of aryl methyl sites for hydroxylation is 1. The Morgan fingerprint density at radius 3 is 2.88 bits per heavy atom. The molecule has 6 nitrogen and oxygen atoms in total. The molecule has 1 aromatic rings. The molecule has 0 bridgehead atoms. The van der Waals surface area contributed by atoms with Crippen molar-refractivity contribution in [2.45, 2.75) is 13.0 Å². The van der Waals surface area contributed by atoms with E-state index in [0.717, 1.165) is 5.56 Å². The van der Waals surface area contributed by atoms with E-state index in [2.05, 4.69) is 10.4 Å². The summed E-state index contributed by atoms with van der Waals surface area (Å²) in [5.74, 6) is -1.92. The van der Waals surface area contributed by atoms with Crippen LogP contribution in [0.25, 0.3) is 0 Å². The van der Waals surface area contributed by atoms with Crippen molar-refractivity contribution in [3.8, 4) is 0 Å². The number of carbonyl (C=O) groups is 2. The molecule has 1 aliphatic carbocycles. The van der Waals surface area contributed by atoms with Crippen LogP contribution in [0.15, 0.2) is 12.4 Å². The first kappa shape index (κ1) is 10.7. The average Bonchev–Trinajstić information content (AvgIpc) is 2.93. The van der Waals surface area contributed by atoms with Gasteiger partial charge in [0.2, 0.25) is 5.91 Å². The molecule has 6 heteroatoms. The van der Waals surface area contributed by atoms with E-state index in [0.29, 0.717) is 13.0 Å². The lowest BCUT2D eigenvalue weighted by molar-refractivity contribution is -0.140. The van der Waals surface area contributed by atoms with E-state index in [1.54, 1.807) is 17.9 Å². The molecule has 1 amide bonds. The Bertz CT molecular complexity index is 427. The van der Waals surface area contributed by atoms with Crippen molar-refractivity contribution in [3.05, 3.63) is 18.0 Å². The number of aromatic nitrogens is 2. The van der Waals surface area contributed by atoms with E-state index in [-0.39, 0.29) is 11.8 Å². The highest BCUT2D eigenvalue weighted by molar-refractivity contribution is 5.89. The summed E-state index contributed by atoms with van der Waals surface area (Å²) in [6.07, 6.45) is 3.93. The summed E-state index contributed by atoms with van der Waals surface area (Å²) in [5.41, 5.74) is 0.906. The quantitative estimate of drug-likeness (QED) is 0.737. The SMILES string of the molecule is Cn1cc(CNC(=O)C2CC2C(=O)O)cn1. The third-order valence-corrected chi connectivity index (χ3v) is 2.67. The van der Waals surface area contributed by atoms with E-state index < -0.39 is 11.9 Å². The number of carboxylic acid groups (broad SMARTS) is 1. The molecule has 0 aliphatic heterocycles. The maximum absolute atomic E-state index is 11.5. The van der Waals surface area contributed by atoms with Crippen LogP contribution in [0.4, 0.5) is 0 Å². The molecular formula is C10H13N3O3. The van der Waals surface area contributed by atoms with Crippen LogP contribution in [0, 0.1) is 11.8 Å². The van der Waals surface area contributed by atoms with Crippen molar-refractivity contribution in [2.24, 2.45) is 18.9 Å². The number of aliphatic carboxylic acids is 1. The average molecular weight is 223 g/mol. The van der Waals surface area contributed by atoms with E-state index in [1.165, 1.54) is 0 Å². The van der Waals surface area contributed by atoms with Crippen molar-refractivity contribution in [2.75, 3.05) is 0 Å². The second-order valence-corrected chi connectivity index (χ2v) is 4.03. The molecule has 2 unspecified atom stereocenters. The fraction of sp³-hybridized carbons (Fsp3) is 0.500. The van der Waals surface area contributed by atoms with Gasteiger partial charge in [0, 0.05) is 25.4 Å². The molecule has 1 aromatic heterocycles. The van der Waals surface area contributed by atoms with Gasteiger partial charge in [-0.25, -0.2) is 0 Å². The molecule has 16 heavy (non-hydrogen) atoms. The van der Waals surface area contributed by atoms with Crippen molar-refractivity contribution in [3.63, 3.8) is 0 Å². The third kappa shape index (κ3) is 2.21. The van der Waals surface area contributed by atoms with Crippen molar-refractivity contribution in [1.29, 1.82) is 0 Å². The Kier molecular flexibility index (Phi) is 2.64. The molecule has 1 aliphatic rings. The molecule has 0 saturated heterocycles. The molecule has 2 atom stereocenters. The molecular weight excluding hydrogens is 210 g/mol. The van der Waals surface area contributed by atoms with E-state index >= 15 is 0 Å². The summed E-state index contributed by atoms with van der Waals surface area (Å²) in [7, 11) is 1.80. The second kappa shape index (κ2) is 3.96. The third-order valence-electron chi connectivity index (χ3n) is 2.67. The van der Waals surface area contributed by atoms with Gasteiger partial charge >= 0.3 is 5.97 Å². The van der Waals surface area contributed by atoms with E-state index in [9.17, 15) is 9.59 Å². The first-order chi connectivity index (χ1) is 7.58. The van der Waals surface area contributed by atoms with Crippen LogP contribution in [0.3, 0.4) is 0 Å². The van der Waals surface area contributed by atoms with Gasteiger partial charge in [-0.3, -0.25) is 14.3 Å². The van der Waals surface area contributed by atoms with Gasteiger partial charge in [0.15, 0.2) is 0 Å². The number of carboxylic acids is 1. The molecule has 2 rings (SSSR count). The van der Waals surface area contributed by atoms with Gasteiger partial charge in [-0.2, -0.15) is 5.10 Å². The van der Waals surface area contributed by atoms with Crippen LogP contribution < -0.4 is 5.32 Å². The Hall–Kier alpha value is -1.85. The Morgan fingerprint density at radius 1 is 1.62 bits per heavy atom. The summed E-state index contributed by atoms with van der Waals surface area (Å²) in [4.78, 5) is 22.1. The predicted molar refractivity (Wildman–Crippen MR) is 54.3 cm³/mol. The summed E-state index contributed by atoms with van der Waals surface area (Å²) in [6, 6.07) is 0. The van der Waals surface area contributed by atoms with Crippen LogP contribution in [0.1, 0.15) is 12.0 Å². The van der Waals surface area contributed by atoms with Gasteiger partial charge < -0.3 is 10.4 Å². The topological polar surface area (TPSA) is 84.2 Å². The summed E-state index contributed by atoms with van der Waals surface area (Å²) in [5, 5.41) is 15.3. The molecule has 86 valence electrons. The predicted octanol–water partition coefficient (Wildman–Crippen LogP) is -0.243.